The second kappa shape index (κ2) is 6.33. The molecule has 1 rings (SSSR count). The number of carbonyl (C=O) groups is 2. The molecule has 0 saturated heterocycles. The van der Waals surface area contributed by atoms with Crippen molar-refractivity contribution in [3.05, 3.63) is 35.4 Å². The Balaban J connectivity index is 2.45. The third-order valence-electron chi connectivity index (χ3n) is 2.26. The van der Waals surface area contributed by atoms with Crippen LogP contribution in [0, 0.1) is 0 Å². The number of esters is 1. The summed E-state index contributed by atoms with van der Waals surface area (Å²) >= 11 is 0. The maximum absolute atomic E-state index is 11.8. The van der Waals surface area contributed by atoms with Crippen LogP contribution in [0.3, 0.4) is 0 Å². The van der Waals surface area contributed by atoms with Crippen molar-refractivity contribution in [2.24, 2.45) is 5.73 Å². The average molecular weight is 275 g/mol. The molecule has 0 aliphatic heterocycles. The lowest BCUT2D eigenvalue weighted by Crippen LogP contribution is -2.28. The van der Waals surface area contributed by atoms with E-state index in [2.05, 4.69) is 4.74 Å². The van der Waals surface area contributed by atoms with Crippen LogP contribution >= 0.6 is 0 Å². The van der Waals surface area contributed by atoms with Crippen molar-refractivity contribution in [3.8, 4) is 0 Å². The molecule has 0 radical (unpaired) electrons. The summed E-state index contributed by atoms with van der Waals surface area (Å²) < 4.78 is 39.3. The molecule has 4 nitrogen and oxygen atoms in total. The zero-order chi connectivity index (χ0) is 14.5. The number of ketones is 1. The Morgan fingerprint density at radius 2 is 1.63 bits per heavy atom. The number of benzene rings is 1. The molecule has 0 unspecified atom stereocenters. The van der Waals surface area contributed by atoms with Crippen LogP contribution in [0.1, 0.15) is 11.1 Å². The molecule has 7 heteroatoms. The Morgan fingerprint density at radius 1 is 1.11 bits per heavy atom. The lowest BCUT2D eigenvalue weighted by atomic mass is 10.1. The van der Waals surface area contributed by atoms with Gasteiger partial charge in [-0.25, -0.2) is 4.79 Å². The summed E-state index contributed by atoms with van der Waals surface area (Å²) in [5.41, 5.74) is 6.88. The molecular weight excluding hydrogens is 263 g/mol. The standard InChI is InChI=1S/C12H12F3NO3/c13-12(14,15)11(18)19-7-10(17)5-8-1-3-9(6-16)4-2-8/h1-4H,5-7,16H2. The molecule has 2 N–H and O–H groups in total. The number of nitrogens with two attached hydrogens (primary N) is 1. The topological polar surface area (TPSA) is 69.4 Å². The predicted molar refractivity (Wildman–Crippen MR) is 60.1 cm³/mol. The van der Waals surface area contributed by atoms with Gasteiger partial charge >= 0.3 is 12.1 Å². The summed E-state index contributed by atoms with van der Waals surface area (Å²) in [5, 5.41) is 0. The zero-order valence-electron chi connectivity index (χ0n) is 9.87. The van der Waals surface area contributed by atoms with Gasteiger partial charge in [0.1, 0.15) is 0 Å². The SMILES string of the molecule is NCc1ccc(CC(=O)COC(=O)C(F)(F)F)cc1. The first-order valence-corrected chi connectivity index (χ1v) is 5.36. The predicted octanol–water partition coefficient (Wildman–Crippen LogP) is 1.36. The summed E-state index contributed by atoms with van der Waals surface area (Å²) in [6.07, 6.45) is -5.18. The lowest BCUT2D eigenvalue weighted by Gasteiger charge is -2.06. The Kier molecular flexibility index (Phi) is 5.05. The Hall–Kier alpha value is -1.89. The van der Waals surface area contributed by atoms with E-state index >= 15 is 0 Å². The van der Waals surface area contributed by atoms with Crippen LogP contribution in [0.25, 0.3) is 0 Å². The largest absolute Gasteiger partial charge is 0.490 e. The first-order chi connectivity index (χ1) is 8.82. The normalized spacial score (nSPS) is 11.2. The molecule has 0 heterocycles. The van der Waals surface area contributed by atoms with Crippen molar-refractivity contribution >= 4 is 11.8 Å². The molecule has 0 spiro atoms. The van der Waals surface area contributed by atoms with Crippen molar-refractivity contribution in [1.29, 1.82) is 0 Å². The quantitative estimate of drug-likeness (QED) is 0.824. The molecule has 0 aromatic heterocycles. The minimum absolute atomic E-state index is 0.101. The van der Waals surface area contributed by atoms with Crippen LogP contribution in [0.5, 0.6) is 0 Å². The van der Waals surface area contributed by atoms with Gasteiger partial charge in [-0.3, -0.25) is 4.79 Å². The van der Waals surface area contributed by atoms with Gasteiger partial charge in [0.05, 0.1) is 0 Å². The molecule has 104 valence electrons. The smallest absolute Gasteiger partial charge is 0.451 e. The molecule has 1 aromatic carbocycles. The van der Waals surface area contributed by atoms with E-state index in [1.165, 1.54) is 0 Å². The van der Waals surface area contributed by atoms with Crippen molar-refractivity contribution < 1.29 is 27.5 Å². The number of hydrogen-bond donors (Lipinski definition) is 1. The summed E-state index contributed by atoms with van der Waals surface area (Å²) in [6, 6.07) is 6.71. The van der Waals surface area contributed by atoms with Gasteiger partial charge in [-0.1, -0.05) is 24.3 Å². The highest BCUT2D eigenvalue weighted by Gasteiger charge is 2.41. The van der Waals surface area contributed by atoms with E-state index in [4.69, 9.17) is 5.73 Å². The van der Waals surface area contributed by atoms with Gasteiger partial charge in [0.2, 0.25) is 0 Å². The van der Waals surface area contributed by atoms with Crippen LogP contribution in [0.4, 0.5) is 13.2 Å². The monoisotopic (exact) mass is 275 g/mol. The first-order valence-electron chi connectivity index (χ1n) is 5.36. The number of ether oxygens (including phenoxy) is 1. The molecule has 0 atom stereocenters. The fraction of sp³-hybridized carbons (Fsp3) is 0.333. The number of alkyl halides is 3. The Bertz CT molecular complexity index is 454. The molecule has 19 heavy (non-hydrogen) atoms. The lowest BCUT2D eigenvalue weighted by molar-refractivity contribution is -0.199. The zero-order valence-corrected chi connectivity index (χ0v) is 9.87. The summed E-state index contributed by atoms with van der Waals surface area (Å²) in [4.78, 5) is 21.7. The average Bonchev–Trinajstić information content (AvgIpc) is 2.35. The van der Waals surface area contributed by atoms with Gasteiger partial charge in [0.25, 0.3) is 0 Å². The highest BCUT2D eigenvalue weighted by molar-refractivity contribution is 5.85. The van der Waals surface area contributed by atoms with Gasteiger partial charge in [0.15, 0.2) is 12.4 Å². The molecule has 0 aliphatic carbocycles. The summed E-state index contributed by atoms with van der Waals surface area (Å²) in [5.74, 6) is -2.97. The van der Waals surface area contributed by atoms with E-state index in [1.807, 2.05) is 0 Å². The highest BCUT2D eigenvalue weighted by atomic mass is 19.4. The van der Waals surface area contributed by atoms with Crippen LogP contribution < -0.4 is 5.73 Å². The maximum atomic E-state index is 11.8. The van der Waals surface area contributed by atoms with Gasteiger partial charge in [-0.05, 0) is 11.1 Å². The summed E-state index contributed by atoms with van der Waals surface area (Å²) in [6.45, 7) is -0.533. The van der Waals surface area contributed by atoms with E-state index in [0.29, 0.717) is 12.1 Å². The number of Topliss-reactive ketones (excluding diaryl/α,β-unsaturated/α-hetero) is 1. The van der Waals surface area contributed by atoms with Crippen molar-refractivity contribution in [3.63, 3.8) is 0 Å². The molecular formula is C12H12F3NO3. The van der Waals surface area contributed by atoms with Crippen LogP contribution in [-0.2, 0) is 27.3 Å². The second-order valence-electron chi connectivity index (χ2n) is 3.81. The third kappa shape index (κ3) is 5.09. The van der Waals surface area contributed by atoms with Crippen molar-refractivity contribution in [2.75, 3.05) is 6.61 Å². The first kappa shape index (κ1) is 15.2. The molecule has 0 amide bonds. The van der Waals surface area contributed by atoms with Gasteiger partial charge in [-0.15, -0.1) is 0 Å². The van der Waals surface area contributed by atoms with Crippen molar-refractivity contribution in [2.45, 2.75) is 19.1 Å². The van der Waals surface area contributed by atoms with E-state index in [-0.39, 0.29) is 6.42 Å². The van der Waals surface area contributed by atoms with Gasteiger partial charge in [-0.2, -0.15) is 13.2 Å². The number of hydrogen-bond acceptors (Lipinski definition) is 4. The number of carbonyl (C=O) groups excluding carboxylic acids is 2. The molecule has 0 aliphatic rings. The minimum atomic E-state index is -5.08. The molecule has 1 aromatic rings. The number of halogens is 3. The fourth-order valence-electron chi connectivity index (χ4n) is 1.30. The third-order valence-corrected chi connectivity index (χ3v) is 2.26. The maximum Gasteiger partial charge on any atom is 0.490 e. The minimum Gasteiger partial charge on any atom is -0.451 e. The van der Waals surface area contributed by atoms with E-state index < -0.39 is 24.5 Å². The number of rotatable bonds is 5. The van der Waals surface area contributed by atoms with Gasteiger partial charge < -0.3 is 10.5 Å². The van der Waals surface area contributed by atoms with E-state index in [1.54, 1.807) is 24.3 Å². The summed E-state index contributed by atoms with van der Waals surface area (Å²) in [7, 11) is 0. The van der Waals surface area contributed by atoms with Crippen molar-refractivity contribution in [1.82, 2.24) is 0 Å². The highest BCUT2D eigenvalue weighted by Crippen LogP contribution is 2.16. The molecule has 0 saturated carbocycles. The van der Waals surface area contributed by atoms with Gasteiger partial charge in [0, 0.05) is 13.0 Å². The fourth-order valence-corrected chi connectivity index (χ4v) is 1.30. The van der Waals surface area contributed by atoms with Crippen LogP contribution in [0.15, 0.2) is 24.3 Å². The Morgan fingerprint density at radius 3 is 2.11 bits per heavy atom. The van der Waals surface area contributed by atoms with E-state index in [0.717, 1.165) is 5.56 Å². The molecule has 0 fully saturated rings. The van der Waals surface area contributed by atoms with Crippen LogP contribution in [0.2, 0.25) is 0 Å². The van der Waals surface area contributed by atoms with Crippen LogP contribution in [-0.4, -0.2) is 24.5 Å². The van der Waals surface area contributed by atoms with E-state index in [9.17, 15) is 22.8 Å². The Labute approximate surface area is 107 Å². The second-order valence-corrected chi connectivity index (χ2v) is 3.81. The molecule has 0 bridgehead atoms.